The van der Waals surface area contributed by atoms with Crippen LogP contribution in [0.25, 0.3) is 0 Å². The van der Waals surface area contributed by atoms with Crippen LogP contribution < -0.4 is 0 Å². The van der Waals surface area contributed by atoms with Crippen molar-refractivity contribution in [2.75, 3.05) is 0 Å². The summed E-state index contributed by atoms with van der Waals surface area (Å²) in [5.74, 6) is -0.312. The Balaban J connectivity index is 1.93. The zero-order valence-corrected chi connectivity index (χ0v) is 13.5. The molecule has 4 bridgehead atoms. The summed E-state index contributed by atoms with van der Waals surface area (Å²) in [6.45, 7) is 8.09. The predicted molar refractivity (Wildman–Crippen MR) is 77.5 cm³/mol. The third-order valence-corrected chi connectivity index (χ3v) is 5.70. The molecule has 0 aromatic heterocycles. The van der Waals surface area contributed by atoms with Crippen molar-refractivity contribution in [2.45, 2.75) is 77.9 Å². The first-order chi connectivity index (χ1) is 9.69. The monoisotopic (exact) mass is 294 g/mol. The maximum absolute atomic E-state index is 12.4. The number of hydrogen-bond acceptors (Lipinski definition) is 4. The molecule has 4 nitrogen and oxygen atoms in total. The molecule has 0 spiro atoms. The molecule has 4 fully saturated rings. The minimum atomic E-state index is -0.506. The molecule has 2 saturated heterocycles. The summed E-state index contributed by atoms with van der Waals surface area (Å²) in [4.78, 5) is 24.7. The second-order valence-corrected chi connectivity index (χ2v) is 8.25. The third-order valence-electron chi connectivity index (χ3n) is 5.70. The SMILES string of the molecule is CCC(C)C(=O)OC12CC3CC(C)(C1)CC(C)(C2)C(=O)O3. The van der Waals surface area contributed by atoms with E-state index >= 15 is 0 Å². The van der Waals surface area contributed by atoms with Gasteiger partial charge in [0.05, 0.1) is 11.3 Å². The summed E-state index contributed by atoms with van der Waals surface area (Å²) in [5, 5.41) is 0. The van der Waals surface area contributed by atoms with Crippen LogP contribution in [-0.2, 0) is 19.1 Å². The fourth-order valence-electron chi connectivity index (χ4n) is 5.06. The van der Waals surface area contributed by atoms with E-state index in [9.17, 15) is 9.59 Å². The van der Waals surface area contributed by atoms with Gasteiger partial charge in [0.25, 0.3) is 0 Å². The van der Waals surface area contributed by atoms with E-state index < -0.39 is 11.0 Å². The minimum absolute atomic E-state index is 0.0395. The molecule has 4 aliphatic rings. The van der Waals surface area contributed by atoms with E-state index in [0.29, 0.717) is 12.8 Å². The van der Waals surface area contributed by atoms with Crippen LogP contribution in [0.15, 0.2) is 0 Å². The Morgan fingerprint density at radius 3 is 2.71 bits per heavy atom. The van der Waals surface area contributed by atoms with Gasteiger partial charge in [-0.25, -0.2) is 0 Å². The van der Waals surface area contributed by atoms with Crippen LogP contribution in [0, 0.1) is 16.7 Å². The normalized spacial score (nSPS) is 45.9. The van der Waals surface area contributed by atoms with E-state index in [2.05, 4.69) is 6.92 Å². The average molecular weight is 294 g/mol. The maximum atomic E-state index is 12.4. The van der Waals surface area contributed by atoms with Crippen molar-refractivity contribution >= 4 is 11.9 Å². The number of rotatable bonds is 3. The topological polar surface area (TPSA) is 52.6 Å². The van der Waals surface area contributed by atoms with Crippen LogP contribution in [0.2, 0.25) is 0 Å². The molecule has 5 atom stereocenters. The Hall–Kier alpha value is -1.06. The molecule has 21 heavy (non-hydrogen) atoms. The second-order valence-electron chi connectivity index (χ2n) is 8.25. The highest BCUT2D eigenvalue weighted by molar-refractivity contribution is 5.78. The van der Waals surface area contributed by atoms with Gasteiger partial charge < -0.3 is 9.47 Å². The van der Waals surface area contributed by atoms with Crippen LogP contribution in [0.3, 0.4) is 0 Å². The van der Waals surface area contributed by atoms with Gasteiger partial charge in [0, 0.05) is 12.8 Å². The molecule has 118 valence electrons. The standard InChI is InChI=1S/C17H26O4/c1-5-11(2)13(18)21-17-7-12-6-15(3,9-17)8-16(4,10-17)14(19)20-12/h11-12H,5-10H2,1-4H3. The lowest BCUT2D eigenvalue weighted by atomic mass is 9.53. The summed E-state index contributed by atoms with van der Waals surface area (Å²) >= 11 is 0. The lowest BCUT2D eigenvalue weighted by molar-refractivity contribution is -0.189. The first-order valence-electron chi connectivity index (χ1n) is 8.13. The van der Waals surface area contributed by atoms with Crippen molar-refractivity contribution in [3.8, 4) is 0 Å². The predicted octanol–water partition coefficient (Wildman–Crippen LogP) is 3.23. The number of ether oxygens (including phenoxy) is 2. The van der Waals surface area contributed by atoms with Gasteiger partial charge in [-0.15, -0.1) is 0 Å². The number of carbonyl (C=O) groups is 2. The molecule has 2 saturated carbocycles. The van der Waals surface area contributed by atoms with Crippen LogP contribution >= 0.6 is 0 Å². The van der Waals surface area contributed by atoms with Gasteiger partial charge >= 0.3 is 11.9 Å². The fraction of sp³-hybridized carbons (Fsp3) is 0.882. The number of carbonyl (C=O) groups excluding carboxylic acids is 2. The summed E-state index contributed by atoms with van der Waals surface area (Å²) in [6, 6.07) is 0. The highest BCUT2D eigenvalue weighted by Crippen LogP contribution is 2.61. The second kappa shape index (κ2) is 4.47. The zero-order valence-electron chi connectivity index (χ0n) is 13.5. The Morgan fingerprint density at radius 2 is 2.05 bits per heavy atom. The largest absolute Gasteiger partial charge is 0.462 e. The molecule has 0 radical (unpaired) electrons. The Kier molecular flexibility index (Phi) is 3.16. The molecular weight excluding hydrogens is 268 g/mol. The highest BCUT2D eigenvalue weighted by atomic mass is 16.6. The van der Waals surface area contributed by atoms with E-state index in [1.807, 2.05) is 20.8 Å². The quantitative estimate of drug-likeness (QED) is 0.750. The maximum Gasteiger partial charge on any atom is 0.312 e. The molecule has 4 heteroatoms. The highest BCUT2D eigenvalue weighted by Gasteiger charge is 2.63. The molecule has 5 unspecified atom stereocenters. The fourth-order valence-corrected chi connectivity index (χ4v) is 5.06. The number of fused-ring (bicyclic) bond motifs is 1. The molecule has 2 aliphatic carbocycles. The van der Waals surface area contributed by atoms with Crippen molar-refractivity contribution < 1.29 is 19.1 Å². The summed E-state index contributed by atoms with van der Waals surface area (Å²) < 4.78 is 11.7. The molecule has 0 N–H and O–H groups in total. The van der Waals surface area contributed by atoms with Crippen LogP contribution in [0.1, 0.15) is 66.2 Å². The van der Waals surface area contributed by atoms with Gasteiger partial charge in [0.1, 0.15) is 11.7 Å². The molecule has 0 amide bonds. The van der Waals surface area contributed by atoms with E-state index in [1.165, 1.54) is 0 Å². The lowest BCUT2D eigenvalue weighted by Crippen LogP contribution is -2.55. The van der Waals surface area contributed by atoms with Crippen molar-refractivity contribution in [1.29, 1.82) is 0 Å². The first kappa shape index (κ1) is 14.9. The first-order valence-corrected chi connectivity index (χ1v) is 8.13. The van der Waals surface area contributed by atoms with Gasteiger partial charge in [-0.05, 0) is 38.0 Å². The zero-order chi connectivity index (χ0) is 15.5. The van der Waals surface area contributed by atoms with Gasteiger partial charge in [0.2, 0.25) is 0 Å². The molecule has 2 aliphatic heterocycles. The lowest BCUT2D eigenvalue weighted by Gasteiger charge is -2.53. The van der Waals surface area contributed by atoms with Gasteiger partial charge in [-0.1, -0.05) is 20.8 Å². The molecule has 0 aromatic rings. The van der Waals surface area contributed by atoms with Crippen molar-refractivity contribution in [2.24, 2.45) is 16.7 Å². The van der Waals surface area contributed by atoms with Crippen molar-refractivity contribution in [1.82, 2.24) is 0 Å². The average Bonchev–Trinajstić information content (AvgIpc) is 2.44. The van der Waals surface area contributed by atoms with Crippen LogP contribution in [-0.4, -0.2) is 23.6 Å². The molecule has 4 rings (SSSR count). The minimum Gasteiger partial charge on any atom is -0.462 e. The summed E-state index contributed by atoms with van der Waals surface area (Å²) in [5.41, 5.74) is -0.969. The Bertz CT molecular complexity index is 487. The Labute approximate surface area is 126 Å². The van der Waals surface area contributed by atoms with Gasteiger partial charge in [-0.3, -0.25) is 9.59 Å². The van der Waals surface area contributed by atoms with E-state index in [0.717, 1.165) is 25.7 Å². The third kappa shape index (κ3) is 2.36. The van der Waals surface area contributed by atoms with Gasteiger partial charge in [-0.2, -0.15) is 0 Å². The molecule has 2 heterocycles. The Morgan fingerprint density at radius 1 is 1.33 bits per heavy atom. The van der Waals surface area contributed by atoms with Crippen LogP contribution in [0.5, 0.6) is 0 Å². The van der Waals surface area contributed by atoms with Crippen LogP contribution in [0.4, 0.5) is 0 Å². The van der Waals surface area contributed by atoms with Crippen molar-refractivity contribution in [3.05, 3.63) is 0 Å². The van der Waals surface area contributed by atoms with Gasteiger partial charge in [0.15, 0.2) is 0 Å². The summed E-state index contributed by atoms with van der Waals surface area (Å²) in [6.07, 6.45) is 4.59. The van der Waals surface area contributed by atoms with E-state index in [4.69, 9.17) is 9.47 Å². The molecular formula is C17H26O4. The smallest absolute Gasteiger partial charge is 0.312 e. The van der Waals surface area contributed by atoms with E-state index in [1.54, 1.807) is 0 Å². The summed E-state index contributed by atoms with van der Waals surface area (Å²) in [7, 11) is 0. The van der Waals surface area contributed by atoms with Crippen molar-refractivity contribution in [3.63, 3.8) is 0 Å². The number of hydrogen-bond donors (Lipinski definition) is 0. The number of esters is 2. The van der Waals surface area contributed by atoms with E-state index in [-0.39, 0.29) is 29.4 Å². The molecule has 0 aromatic carbocycles.